The predicted molar refractivity (Wildman–Crippen MR) is 95.6 cm³/mol. The van der Waals surface area contributed by atoms with Crippen LogP contribution in [0.3, 0.4) is 0 Å². The first kappa shape index (κ1) is 21.0. The van der Waals surface area contributed by atoms with Gasteiger partial charge in [-0.3, -0.25) is 4.79 Å². The third-order valence-electron chi connectivity index (χ3n) is 3.71. The van der Waals surface area contributed by atoms with Crippen LogP contribution in [-0.4, -0.2) is 44.6 Å². The van der Waals surface area contributed by atoms with Crippen LogP contribution in [-0.2, 0) is 0 Å². The van der Waals surface area contributed by atoms with Crippen LogP contribution >= 0.6 is 24.8 Å². The van der Waals surface area contributed by atoms with Crippen molar-refractivity contribution in [3.63, 3.8) is 0 Å². The molecule has 1 aromatic heterocycles. The van der Waals surface area contributed by atoms with E-state index in [0.29, 0.717) is 11.5 Å². The molecule has 2 heterocycles. The number of hydrogen-bond acceptors (Lipinski definition) is 4. The summed E-state index contributed by atoms with van der Waals surface area (Å²) in [5.74, 6) is 1.51. The zero-order chi connectivity index (χ0) is 14.4. The van der Waals surface area contributed by atoms with Crippen molar-refractivity contribution in [3.8, 4) is 0 Å². The predicted octanol–water partition coefficient (Wildman–Crippen LogP) is 2.11. The van der Waals surface area contributed by atoms with Gasteiger partial charge in [-0.25, -0.2) is 4.98 Å². The number of rotatable bonds is 5. The van der Waals surface area contributed by atoms with Gasteiger partial charge in [0.1, 0.15) is 5.82 Å². The minimum absolute atomic E-state index is 0. The first-order chi connectivity index (χ1) is 9.66. The van der Waals surface area contributed by atoms with E-state index in [9.17, 15) is 4.79 Å². The molecule has 0 aromatic carbocycles. The number of nitrogens with one attached hydrogen (secondary N) is 2. The average Bonchev–Trinajstić information content (AvgIpc) is 2.48. The van der Waals surface area contributed by atoms with Gasteiger partial charge in [-0.05, 0) is 50.4 Å². The van der Waals surface area contributed by atoms with Gasteiger partial charge >= 0.3 is 0 Å². The summed E-state index contributed by atoms with van der Waals surface area (Å²) in [5.41, 5.74) is 0.623. The molecule has 5 nitrogen and oxygen atoms in total. The van der Waals surface area contributed by atoms with E-state index in [1.807, 2.05) is 31.1 Å². The van der Waals surface area contributed by atoms with Gasteiger partial charge in [0, 0.05) is 26.8 Å². The summed E-state index contributed by atoms with van der Waals surface area (Å²) < 4.78 is 0. The topological polar surface area (TPSA) is 57.3 Å². The van der Waals surface area contributed by atoms with E-state index in [1.54, 1.807) is 6.20 Å². The standard InChI is InChI=1S/C15H24N4O.2ClH/c1-19(2)14-6-5-13(11-18-14)15(20)17-9-7-12-4-3-8-16-10-12;;/h5-6,11-12,16H,3-4,7-10H2,1-2H3,(H,17,20);2*1H. The average molecular weight is 349 g/mol. The Balaban J connectivity index is 0.00000220. The maximum absolute atomic E-state index is 12.0. The molecule has 1 aliphatic rings. The number of carbonyl (C=O) groups is 1. The fourth-order valence-electron chi connectivity index (χ4n) is 2.45. The van der Waals surface area contributed by atoms with Crippen molar-refractivity contribution in [1.82, 2.24) is 15.6 Å². The molecule has 1 amide bonds. The number of halogens is 2. The SMILES string of the molecule is CN(C)c1ccc(C(=O)NCCC2CCCNC2)cn1.Cl.Cl. The van der Waals surface area contributed by atoms with Crippen LogP contribution in [0.15, 0.2) is 18.3 Å². The van der Waals surface area contributed by atoms with Crippen molar-refractivity contribution in [3.05, 3.63) is 23.9 Å². The van der Waals surface area contributed by atoms with Crippen molar-refractivity contribution in [1.29, 1.82) is 0 Å². The molecule has 0 spiro atoms. The number of nitrogens with zero attached hydrogens (tertiary/aromatic N) is 2. The minimum Gasteiger partial charge on any atom is -0.363 e. The molecule has 1 unspecified atom stereocenters. The molecular formula is C15H26Cl2N4O. The molecule has 1 aliphatic heterocycles. The fourth-order valence-corrected chi connectivity index (χ4v) is 2.45. The monoisotopic (exact) mass is 348 g/mol. The number of amides is 1. The molecule has 1 aromatic rings. The summed E-state index contributed by atoms with van der Waals surface area (Å²) in [6.45, 7) is 2.95. The summed E-state index contributed by atoms with van der Waals surface area (Å²) in [7, 11) is 3.86. The highest BCUT2D eigenvalue weighted by Crippen LogP contribution is 2.13. The van der Waals surface area contributed by atoms with E-state index in [0.717, 1.165) is 31.9 Å². The summed E-state index contributed by atoms with van der Waals surface area (Å²) in [6, 6.07) is 3.68. The fraction of sp³-hybridized carbons (Fsp3) is 0.600. The van der Waals surface area contributed by atoms with Crippen molar-refractivity contribution in [2.24, 2.45) is 5.92 Å². The highest BCUT2D eigenvalue weighted by atomic mass is 35.5. The smallest absolute Gasteiger partial charge is 0.252 e. The van der Waals surface area contributed by atoms with Crippen molar-refractivity contribution >= 4 is 36.5 Å². The van der Waals surface area contributed by atoms with Crippen LogP contribution in [0.25, 0.3) is 0 Å². The van der Waals surface area contributed by atoms with Gasteiger partial charge in [0.2, 0.25) is 0 Å². The van der Waals surface area contributed by atoms with Gasteiger partial charge < -0.3 is 15.5 Å². The van der Waals surface area contributed by atoms with Gasteiger partial charge in [0.15, 0.2) is 0 Å². The van der Waals surface area contributed by atoms with Crippen molar-refractivity contribution < 1.29 is 4.79 Å². The Bertz CT molecular complexity index is 434. The van der Waals surface area contributed by atoms with E-state index in [2.05, 4.69) is 15.6 Å². The molecule has 0 aliphatic carbocycles. The lowest BCUT2D eigenvalue weighted by molar-refractivity contribution is 0.0950. The zero-order valence-corrected chi connectivity index (χ0v) is 14.8. The largest absolute Gasteiger partial charge is 0.363 e. The quantitative estimate of drug-likeness (QED) is 0.855. The molecule has 1 atom stereocenters. The second-order valence-corrected chi connectivity index (χ2v) is 5.56. The molecule has 2 rings (SSSR count). The third-order valence-corrected chi connectivity index (χ3v) is 3.71. The van der Waals surface area contributed by atoms with Gasteiger partial charge in [-0.15, -0.1) is 24.8 Å². The maximum atomic E-state index is 12.0. The Labute approximate surface area is 145 Å². The summed E-state index contributed by atoms with van der Waals surface area (Å²) in [6.07, 6.45) is 5.19. The van der Waals surface area contributed by atoms with Crippen LogP contribution in [0.2, 0.25) is 0 Å². The lowest BCUT2D eigenvalue weighted by Gasteiger charge is -2.22. The molecule has 2 N–H and O–H groups in total. The van der Waals surface area contributed by atoms with E-state index in [-0.39, 0.29) is 30.7 Å². The Hall–Kier alpha value is -1.04. The molecule has 22 heavy (non-hydrogen) atoms. The van der Waals surface area contributed by atoms with Crippen LogP contribution in [0, 0.1) is 5.92 Å². The van der Waals surface area contributed by atoms with Gasteiger partial charge in [-0.2, -0.15) is 0 Å². The Kier molecular flexibility index (Phi) is 10.1. The number of hydrogen-bond donors (Lipinski definition) is 2. The molecule has 1 saturated heterocycles. The molecule has 0 bridgehead atoms. The van der Waals surface area contributed by atoms with Crippen LogP contribution in [0.1, 0.15) is 29.6 Å². The van der Waals surface area contributed by atoms with Crippen LogP contribution < -0.4 is 15.5 Å². The summed E-state index contributed by atoms with van der Waals surface area (Å²) in [5, 5.41) is 6.37. The molecular weight excluding hydrogens is 323 g/mol. The van der Waals surface area contributed by atoms with E-state index < -0.39 is 0 Å². The highest BCUT2D eigenvalue weighted by molar-refractivity contribution is 5.94. The van der Waals surface area contributed by atoms with E-state index >= 15 is 0 Å². The molecule has 126 valence electrons. The van der Waals surface area contributed by atoms with Crippen molar-refractivity contribution in [2.45, 2.75) is 19.3 Å². The summed E-state index contributed by atoms with van der Waals surface area (Å²) in [4.78, 5) is 18.2. The molecule has 0 saturated carbocycles. The van der Waals surface area contributed by atoms with Crippen molar-refractivity contribution in [2.75, 3.05) is 38.6 Å². The normalized spacial score (nSPS) is 16.9. The molecule has 7 heteroatoms. The van der Waals surface area contributed by atoms with Crippen LogP contribution in [0.4, 0.5) is 5.82 Å². The second-order valence-electron chi connectivity index (χ2n) is 5.56. The van der Waals surface area contributed by atoms with Crippen LogP contribution in [0.5, 0.6) is 0 Å². The first-order valence-electron chi connectivity index (χ1n) is 7.29. The number of piperidine rings is 1. The maximum Gasteiger partial charge on any atom is 0.252 e. The van der Waals surface area contributed by atoms with Gasteiger partial charge in [0.25, 0.3) is 5.91 Å². The Morgan fingerprint density at radius 1 is 1.41 bits per heavy atom. The Morgan fingerprint density at radius 3 is 2.73 bits per heavy atom. The van der Waals surface area contributed by atoms with Gasteiger partial charge in [-0.1, -0.05) is 0 Å². The second kappa shape index (κ2) is 10.6. The number of carbonyl (C=O) groups excluding carboxylic acids is 1. The zero-order valence-electron chi connectivity index (χ0n) is 13.2. The Morgan fingerprint density at radius 2 is 2.18 bits per heavy atom. The summed E-state index contributed by atoms with van der Waals surface area (Å²) >= 11 is 0. The highest BCUT2D eigenvalue weighted by Gasteiger charge is 2.13. The van der Waals surface area contributed by atoms with Gasteiger partial charge in [0.05, 0.1) is 5.56 Å². The third kappa shape index (κ3) is 6.38. The number of pyridine rings is 1. The van der Waals surface area contributed by atoms with E-state index in [1.165, 1.54) is 12.8 Å². The number of anilines is 1. The van der Waals surface area contributed by atoms with E-state index in [4.69, 9.17) is 0 Å². The lowest BCUT2D eigenvalue weighted by Crippen LogP contribution is -2.33. The molecule has 0 radical (unpaired) electrons. The first-order valence-corrected chi connectivity index (χ1v) is 7.29. The molecule has 1 fully saturated rings. The number of aromatic nitrogens is 1. The lowest BCUT2D eigenvalue weighted by atomic mass is 9.96. The minimum atomic E-state index is -0.0356.